The van der Waals surface area contributed by atoms with Crippen LogP contribution >= 0.6 is 11.8 Å². The zero-order valence-corrected chi connectivity index (χ0v) is 18.4. The van der Waals surface area contributed by atoms with Gasteiger partial charge in [0.2, 0.25) is 6.79 Å². The van der Waals surface area contributed by atoms with Gasteiger partial charge in [-0.3, -0.25) is 9.59 Å². The number of carbonyl (C=O) groups excluding carboxylic acids is 1. The molecule has 31 heavy (non-hydrogen) atoms. The number of ketones is 1. The second kappa shape index (κ2) is 8.07. The van der Waals surface area contributed by atoms with E-state index in [1.807, 2.05) is 18.2 Å². The highest BCUT2D eigenvalue weighted by Gasteiger charge is 2.38. The fourth-order valence-electron chi connectivity index (χ4n) is 4.33. The number of thioether (sulfide) groups is 1. The van der Waals surface area contributed by atoms with Crippen LogP contribution in [0.4, 0.5) is 5.82 Å². The number of hydrogen-bond acceptors (Lipinski definition) is 7. The molecule has 0 unspecified atom stereocenters. The molecule has 2 aromatic rings. The van der Waals surface area contributed by atoms with Crippen LogP contribution in [0.25, 0.3) is 0 Å². The molecule has 8 heteroatoms. The van der Waals surface area contributed by atoms with Crippen LogP contribution in [-0.2, 0) is 4.79 Å². The van der Waals surface area contributed by atoms with E-state index in [-0.39, 0.29) is 18.1 Å². The molecule has 7 nitrogen and oxygen atoms in total. The third-order valence-electron chi connectivity index (χ3n) is 5.90. The van der Waals surface area contributed by atoms with Crippen molar-refractivity contribution in [1.29, 1.82) is 0 Å². The van der Waals surface area contributed by atoms with Crippen LogP contribution in [0.1, 0.15) is 56.6 Å². The molecule has 2 aliphatic heterocycles. The summed E-state index contributed by atoms with van der Waals surface area (Å²) in [6, 6.07) is 5.62. The first-order valence-corrected chi connectivity index (χ1v) is 11.7. The smallest absolute Gasteiger partial charge is 0.257 e. The molecule has 5 rings (SSSR count). The molecule has 3 aliphatic rings. The minimum absolute atomic E-state index is 0.0804. The van der Waals surface area contributed by atoms with E-state index in [0.717, 1.165) is 36.3 Å². The molecule has 0 amide bonds. The number of aromatic nitrogens is 2. The summed E-state index contributed by atoms with van der Waals surface area (Å²) in [6.07, 6.45) is 3.10. The Bertz CT molecular complexity index is 1140. The lowest BCUT2D eigenvalue weighted by molar-refractivity contribution is -0.116. The van der Waals surface area contributed by atoms with E-state index in [1.165, 1.54) is 0 Å². The molecule has 0 fully saturated rings. The summed E-state index contributed by atoms with van der Waals surface area (Å²) in [5.41, 5.74) is 2.66. The van der Waals surface area contributed by atoms with Crippen molar-refractivity contribution >= 4 is 23.4 Å². The number of allylic oxidation sites excluding steroid dienone is 2. The average Bonchev–Trinajstić information content (AvgIpc) is 3.20. The largest absolute Gasteiger partial charge is 0.454 e. The molecule has 3 heterocycles. The van der Waals surface area contributed by atoms with Crippen molar-refractivity contribution in [3.8, 4) is 11.5 Å². The zero-order valence-electron chi connectivity index (χ0n) is 17.6. The van der Waals surface area contributed by atoms with Gasteiger partial charge < -0.3 is 19.8 Å². The van der Waals surface area contributed by atoms with Crippen molar-refractivity contribution in [2.45, 2.75) is 50.6 Å². The standard InChI is InChI=1S/C23H25N3O4S/c1-12(2)8-9-31-23-25-21-20(22(28)26-23)18(19-14(24-21)4-3-5-15(19)27)13-6-7-16-17(10-13)30-11-29-16/h6-7,10,12,18H,3-5,8-9,11H2,1-2H3,(H2,24,25,26,28)/t18-/m0/s1. The van der Waals surface area contributed by atoms with Gasteiger partial charge in [0.1, 0.15) is 5.82 Å². The summed E-state index contributed by atoms with van der Waals surface area (Å²) in [5, 5.41) is 3.92. The van der Waals surface area contributed by atoms with Crippen molar-refractivity contribution in [2.75, 3.05) is 17.9 Å². The third-order valence-corrected chi connectivity index (χ3v) is 6.81. The molecular formula is C23H25N3O4S. The summed E-state index contributed by atoms with van der Waals surface area (Å²) >= 11 is 1.55. The van der Waals surface area contributed by atoms with Crippen molar-refractivity contribution in [3.63, 3.8) is 0 Å². The Kier molecular flexibility index (Phi) is 5.25. The SMILES string of the molecule is CC(C)CCSc1nc2c(c(=O)[nH]1)[C@@H](c1ccc3c(c1)OCO3)C1=C(CCCC1=O)N2. The van der Waals surface area contributed by atoms with E-state index in [9.17, 15) is 9.59 Å². The molecule has 0 spiro atoms. The minimum Gasteiger partial charge on any atom is -0.454 e. The first-order valence-electron chi connectivity index (χ1n) is 10.7. The molecular weight excluding hydrogens is 414 g/mol. The van der Waals surface area contributed by atoms with Gasteiger partial charge in [-0.15, -0.1) is 0 Å². The van der Waals surface area contributed by atoms with Crippen molar-refractivity contribution in [2.24, 2.45) is 5.92 Å². The number of H-pyrrole nitrogens is 1. The second-order valence-corrected chi connectivity index (χ2v) is 9.59. The normalized spacial score (nSPS) is 19.3. The number of ether oxygens (including phenoxy) is 2. The van der Waals surface area contributed by atoms with E-state index >= 15 is 0 Å². The Morgan fingerprint density at radius 1 is 1.19 bits per heavy atom. The van der Waals surface area contributed by atoms with Gasteiger partial charge in [0.05, 0.1) is 5.56 Å². The monoisotopic (exact) mass is 439 g/mol. The van der Waals surface area contributed by atoms with E-state index in [1.54, 1.807) is 11.8 Å². The van der Waals surface area contributed by atoms with Gasteiger partial charge in [0, 0.05) is 29.4 Å². The van der Waals surface area contributed by atoms with E-state index in [4.69, 9.17) is 14.5 Å². The van der Waals surface area contributed by atoms with Crippen molar-refractivity contribution < 1.29 is 14.3 Å². The number of fused-ring (bicyclic) bond motifs is 2. The Morgan fingerprint density at radius 3 is 2.87 bits per heavy atom. The van der Waals surface area contributed by atoms with Crippen LogP contribution < -0.4 is 20.3 Å². The lowest BCUT2D eigenvalue weighted by Gasteiger charge is -2.32. The summed E-state index contributed by atoms with van der Waals surface area (Å²) in [6.45, 7) is 4.53. The molecule has 2 N–H and O–H groups in total. The first-order chi connectivity index (χ1) is 15.0. The molecule has 1 atom stereocenters. The predicted octanol–water partition coefficient (Wildman–Crippen LogP) is 4.20. The number of carbonyl (C=O) groups is 1. The van der Waals surface area contributed by atoms with Crippen LogP contribution in [-0.4, -0.2) is 28.3 Å². The van der Waals surface area contributed by atoms with Gasteiger partial charge in [-0.05, 0) is 42.9 Å². The molecule has 0 saturated heterocycles. The lowest BCUT2D eigenvalue weighted by atomic mass is 9.76. The van der Waals surface area contributed by atoms with Gasteiger partial charge in [-0.1, -0.05) is 31.7 Å². The Balaban J connectivity index is 1.60. The fourth-order valence-corrected chi connectivity index (χ4v) is 5.43. The molecule has 0 saturated carbocycles. The molecule has 1 aromatic heterocycles. The Morgan fingerprint density at radius 2 is 2.03 bits per heavy atom. The molecule has 162 valence electrons. The fraction of sp³-hybridized carbons (Fsp3) is 0.435. The number of anilines is 1. The number of aromatic amines is 1. The Hall–Kier alpha value is -2.74. The van der Waals surface area contributed by atoms with E-state index in [0.29, 0.717) is 45.9 Å². The van der Waals surface area contributed by atoms with Crippen LogP contribution in [0.5, 0.6) is 11.5 Å². The molecule has 0 bridgehead atoms. The number of nitrogens with one attached hydrogen (secondary N) is 2. The average molecular weight is 440 g/mol. The summed E-state index contributed by atoms with van der Waals surface area (Å²) < 4.78 is 11.0. The number of Topliss-reactive ketones (excluding diaryl/α,β-unsaturated/α-hetero) is 1. The summed E-state index contributed by atoms with van der Waals surface area (Å²) in [5.74, 6) is 2.94. The molecule has 1 aromatic carbocycles. The lowest BCUT2D eigenvalue weighted by Crippen LogP contribution is -2.32. The zero-order chi connectivity index (χ0) is 21.5. The van der Waals surface area contributed by atoms with E-state index < -0.39 is 5.92 Å². The number of rotatable bonds is 5. The topological polar surface area (TPSA) is 93.3 Å². The quantitative estimate of drug-likeness (QED) is 0.533. The van der Waals surface area contributed by atoms with E-state index in [2.05, 4.69) is 24.1 Å². The highest BCUT2D eigenvalue weighted by atomic mass is 32.2. The third kappa shape index (κ3) is 3.73. The van der Waals surface area contributed by atoms with Gasteiger partial charge in [0.15, 0.2) is 22.4 Å². The summed E-state index contributed by atoms with van der Waals surface area (Å²) in [4.78, 5) is 33.9. The maximum absolute atomic E-state index is 13.2. The number of hydrogen-bond donors (Lipinski definition) is 2. The minimum atomic E-state index is -0.473. The van der Waals surface area contributed by atoms with Crippen LogP contribution in [0.2, 0.25) is 0 Å². The van der Waals surface area contributed by atoms with Crippen LogP contribution in [0, 0.1) is 5.92 Å². The molecule has 1 aliphatic carbocycles. The van der Waals surface area contributed by atoms with Gasteiger partial charge >= 0.3 is 0 Å². The maximum Gasteiger partial charge on any atom is 0.257 e. The highest BCUT2D eigenvalue weighted by molar-refractivity contribution is 7.99. The van der Waals surface area contributed by atoms with Crippen molar-refractivity contribution in [3.05, 3.63) is 50.9 Å². The first kappa shape index (κ1) is 20.2. The highest BCUT2D eigenvalue weighted by Crippen LogP contribution is 2.45. The number of benzene rings is 1. The number of nitrogens with zero attached hydrogens (tertiary/aromatic N) is 1. The van der Waals surface area contributed by atoms with Gasteiger partial charge in [-0.2, -0.15) is 0 Å². The Labute approximate surface area is 184 Å². The van der Waals surface area contributed by atoms with Crippen LogP contribution in [0.3, 0.4) is 0 Å². The van der Waals surface area contributed by atoms with Gasteiger partial charge in [0.25, 0.3) is 5.56 Å². The van der Waals surface area contributed by atoms with Crippen molar-refractivity contribution in [1.82, 2.24) is 9.97 Å². The maximum atomic E-state index is 13.2. The molecule has 0 radical (unpaired) electrons. The van der Waals surface area contributed by atoms with Crippen LogP contribution in [0.15, 0.2) is 39.4 Å². The predicted molar refractivity (Wildman–Crippen MR) is 119 cm³/mol. The van der Waals surface area contributed by atoms with Gasteiger partial charge in [-0.25, -0.2) is 4.98 Å². The second-order valence-electron chi connectivity index (χ2n) is 8.50. The summed E-state index contributed by atoms with van der Waals surface area (Å²) in [7, 11) is 0.